The van der Waals surface area contributed by atoms with Crippen LogP contribution in [-0.2, 0) is 10.8 Å². The third-order valence-electron chi connectivity index (χ3n) is 13.0. The van der Waals surface area contributed by atoms with Crippen LogP contribution >= 0.6 is 11.3 Å². The molecule has 4 nitrogen and oxygen atoms in total. The molecule has 0 bridgehead atoms. The van der Waals surface area contributed by atoms with Gasteiger partial charge in [0.25, 0.3) is 0 Å². The monoisotopic (exact) mass is 804 g/mol. The van der Waals surface area contributed by atoms with E-state index >= 15 is 0 Å². The molecule has 0 aliphatic carbocycles. The SMILES string of the molecule is C=C/C=c1\c(=C)sc2nc3cc(-c4ccc(N5c6ccccc6C(C)(C)c6ccccc65)cc4)c(-c4ccc(N5c6ccccc6C(C)(C)c6ccccc65)cc4)cc3nc12. The van der Waals surface area contributed by atoms with Crippen molar-refractivity contribution in [3.63, 3.8) is 0 Å². The highest BCUT2D eigenvalue weighted by molar-refractivity contribution is 7.16. The summed E-state index contributed by atoms with van der Waals surface area (Å²) in [4.78, 5) is 16.1. The van der Waals surface area contributed by atoms with Gasteiger partial charge in [0.15, 0.2) is 0 Å². The number of rotatable bonds is 5. The molecular formula is C56H44N4S. The molecule has 0 saturated carbocycles. The Labute approximate surface area is 360 Å². The van der Waals surface area contributed by atoms with E-state index in [1.165, 1.54) is 45.0 Å². The second-order valence-corrected chi connectivity index (χ2v) is 18.3. The van der Waals surface area contributed by atoms with Gasteiger partial charge in [-0.05, 0) is 105 Å². The van der Waals surface area contributed by atoms with Crippen LogP contribution in [0.3, 0.4) is 0 Å². The van der Waals surface area contributed by atoms with Crippen molar-refractivity contribution in [1.29, 1.82) is 0 Å². The van der Waals surface area contributed by atoms with Crippen molar-refractivity contribution in [2.45, 2.75) is 38.5 Å². The number of hydrogen-bond acceptors (Lipinski definition) is 5. The van der Waals surface area contributed by atoms with Gasteiger partial charge < -0.3 is 9.80 Å². The van der Waals surface area contributed by atoms with E-state index in [4.69, 9.17) is 9.97 Å². The van der Waals surface area contributed by atoms with Gasteiger partial charge in [-0.25, -0.2) is 9.97 Å². The Balaban J connectivity index is 1.06. The van der Waals surface area contributed by atoms with E-state index in [0.29, 0.717) is 0 Å². The third-order valence-corrected chi connectivity index (χ3v) is 13.9. The van der Waals surface area contributed by atoms with Crippen molar-refractivity contribution in [2.75, 3.05) is 9.80 Å². The van der Waals surface area contributed by atoms with Gasteiger partial charge in [0, 0.05) is 32.0 Å². The van der Waals surface area contributed by atoms with Crippen LogP contribution in [0.4, 0.5) is 34.1 Å². The summed E-state index contributed by atoms with van der Waals surface area (Å²) in [5.41, 5.74) is 19.0. The Hall–Kier alpha value is -7.08. The molecule has 7 aromatic carbocycles. The molecule has 0 saturated heterocycles. The minimum absolute atomic E-state index is 0.120. The molecule has 0 atom stereocenters. The third kappa shape index (κ3) is 5.64. The van der Waals surface area contributed by atoms with Gasteiger partial charge in [-0.3, -0.25) is 0 Å². The summed E-state index contributed by atoms with van der Waals surface area (Å²) in [6.45, 7) is 17.6. The summed E-state index contributed by atoms with van der Waals surface area (Å²) in [5, 5.41) is 0.976. The molecule has 0 unspecified atom stereocenters. The highest BCUT2D eigenvalue weighted by Gasteiger charge is 2.38. The topological polar surface area (TPSA) is 32.3 Å². The molecule has 2 aliphatic rings. The van der Waals surface area contributed by atoms with Gasteiger partial charge in [0.05, 0.1) is 33.8 Å². The zero-order valence-corrected chi connectivity index (χ0v) is 35.6. The molecule has 4 heterocycles. The first-order valence-corrected chi connectivity index (χ1v) is 21.7. The van der Waals surface area contributed by atoms with Crippen molar-refractivity contribution >= 4 is 79.5 Å². The molecule has 0 spiro atoms. The molecule has 2 aromatic heterocycles. The summed E-state index contributed by atoms with van der Waals surface area (Å²) in [5.74, 6) is 0. The average molecular weight is 805 g/mol. The minimum Gasteiger partial charge on any atom is -0.310 e. The molecule has 5 heteroatoms. The first kappa shape index (κ1) is 37.0. The number of allylic oxidation sites excluding steroid dienone is 1. The summed E-state index contributed by atoms with van der Waals surface area (Å²) in [6, 6.07) is 57.7. The predicted molar refractivity (Wildman–Crippen MR) is 259 cm³/mol. The maximum Gasteiger partial charge on any atom is 0.143 e. The maximum atomic E-state index is 5.24. The Kier molecular flexibility index (Phi) is 8.32. The lowest BCUT2D eigenvalue weighted by atomic mass is 9.73. The fourth-order valence-electron chi connectivity index (χ4n) is 9.88. The van der Waals surface area contributed by atoms with E-state index < -0.39 is 0 Å². The van der Waals surface area contributed by atoms with Gasteiger partial charge in [-0.15, -0.1) is 11.3 Å². The maximum absolute atomic E-state index is 5.24. The smallest absolute Gasteiger partial charge is 0.143 e. The van der Waals surface area contributed by atoms with Crippen molar-refractivity contribution in [3.05, 3.63) is 202 Å². The van der Waals surface area contributed by atoms with Crippen LogP contribution in [0, 0.1) is 0 Å². The molecule has 0 radical (unpaired) electrons. The number of benzene rings is 7. The molecule has 11 rings (SSSR count). The lowest BCUT2D eigenvalue weighted by Crippen LogP contribution is -2.30. The van der Waals surface area contributed by atoms with Crippen molar-refractivity contribution in [1.82, 2.24) is 9.97 Å². The summed E-state index contributed by atoms with van der Waals surface area (Å²) < 4.78 is 0.935. The van der Waals surface area contributed by atoms with Crippen LogP contribution in [0.25, 0.3) is 56.3 Å². The Morgan fingerprint density at radius 3 is 1.28 bits per heavy atom. The van der Waals surface area contributed by atoms with Crippen LogP contribution in [-0.4, -0.2) is 9.97 Å². The molecule has 294 valence electrons. The standard InChI is InChI=1S/C56H44N4S/c1-7-16-40-35(2)61-54-53(40)57-47-33-41(36-25-29-38(30-26-36)59-49-21-12-8-17-43(49)55(3,4)44-18-9-13-22-50(44)59)42(34-48(47)58-54)37-27-31-39(32-28-37)60-51-23-14-10-19-45(51)56(5,6)46-20-11-15-24-52(46)60/h7-34H,1-2H2,3-6H3/b40-16+. The second-order valence-electron chi connectivity index (χ2n) is 17.2. The van der Waals surface area contributed by atoms with Crippen LogP contribution in [0.1, 0.15) is 49.9 Å². The van der Waals surface area contributed by atoms with Gasteiger partial charge in [-0.1, -0.05) is 150 Å². The highest BCUT2D eigenvalue weighted by atomic mass is 32.1. The largest absolute Gasteiger partial charge is 0.310 e. The van der Waals surface area contributed by atoms with Crippen molar-refractivity contribution < 1.29 is 0 Å². The zero-order valence-electron chi connectivity index (χ0n) is 34.8. The highest BCUT2D eigenvalue weighted by Crippen LogP contribution is 2.53. The van der Waals surface area contributed by atoms with Crippen LogP contribution in [0.2, 0.25) is 0 Å². The van der Waals surface area contributed by atoms with E-state index in [1.54, 1.807) is 17.4 Å². The number of aromatic nitrogens is 2. The van der Waals surface area contributed by atoms with Crippen LogP contribution < -0.4 is 19.6 Å². The van der Waals surface area contributed by atoms with E-state index in [2.05, 4.69) is 208 Å². The average Bonchev–Trinajstić information content (AvgIpc) is 3.58. The Morgan fingerprint density at radius 2 is 0.885 bits per heavy atom. The number of anilines is 6. The number of nitrogens with zero attached hydrogens (tertiary/aromatic N) is 4. The molecule has 61 heavy (non-hydrogen) atoms. The molecule has 0 N–H and O–H groups in total. The van der Waals surface area contributed by atoms with Crippen LogP contribution in [0.5, 0.6) is 0 Å². The van der Waals surface area contributed by atoms with Gasteiger partial charge in [-0.2, -0.15) is 0 Å². The van der Waals surface area contributed by atoms with Gasteiger partial charge in [0.2, 0.25) is 0 Å². The molecular weight excluding hydrogens is 761 g/mol. The normalized spacial score (nSPS) is 15.0. The second kappa shape index (κ2) is 13.7. The van der Waals surface area contributed by atoms with Gasteiger partial charge >= 0.3 is 0 Å². The van der Waals surface area contributed by atoms with Crippen LogP contribution in [0.15, 0.2) is 170 Å². The minimum atomic E-state index is -0.122. The van der Waals surface area contributed by atoms with E-state index in [-0.39, 0.29) is 10.8 Å². The fraction of sp³-hybridized carbons (Fsp3) is 0.107. The van der Waals surface area contributed by atoms with Crippen molar-refractivity contribution in [3.8, 4) is 22.3 Å². The lowest BCUT2D eigenvalue weighted by molar-refractivity contribution is 0.632. The van der Waals surface area contributed by atoms with E-state index in [0.717, 1.165) is 64.8 Å². The number of hydrogen-bond donors (Lipinski definition) is 0. The molecule has 0 amide bonds. The predicted octanol–water partition coefficient (Wildman–Crippen LogP) is 13.8. The summed E-state index contributed by atoms with van der Waals surface area (Å²) in [7, 11) is 0. The van der Waals surface area contributed by atoms with Crippen molar-refractivity contribution in [2.24, 2.45) is 0 Å². The molecule has 0 fully saturated rings. The van der Waals surface area contributed by atoms with E-state index in [1.807, 2.05) is 6.08 Å². The molecule has 9 aromatic rings. The quantitative estimate of drug-likeness (QED) is 0.173. The molecule has 2 aliphatic heterocycles. The number of para-hydroxylation sites is 4. The first-order chi connectivity index (χ1) is 29.6. The first-order valence-electron chi connectivity index (χ1n) is 20.9. The fourth-order valence-corrected chi connectivity index (χ4v) is 10.8. The summed E-state index contributed by atoms with van der Waals surface area (Å²) in [6.07, 6.45) is 3.78. The zero-order chi connectivity index (χ0) is 41.6. The number of thiophene rings is 1. The Morgan fingerprint density at radius 1 is 0.508 bits per heavy atom. The van der Waals surface area contributed by atoms with E-state index in [9.17, 15) is 0 Å². The Bertz CT molecular complexity index is 3260. The van der Waals surface area contributed by atoms with Gasteiger partial charge in [0.1, 0.15) is 10.3 Å². The summed E-state index contributed by atoms with van der Waals surface area (Å²) >= 11 is 1.57. The lowest BCUT2D eigenvalue weighted by Gasteiger charge is -2.42. The number of fused-ring (bicyclic) bond motifs is 6.